The van der Waals surface area contributed by atoms with Gasteiger partial charge in [0.25, 0.3) is 0 Å². The largest absolute Gasteiger partial charge is 0.465 e. The van der Waals surface area contributed by atoms with E-state index in [1.807, 2.05) is 6.92 Å². The smallest absolute Gasteiger partial charge is 0.390 e. The second-order valence-electron chi connectivity index (χ2n) is 5.05. The Kier molecular flexibility index (Phi) is 7.59. The number of Topliss-reactive ketones (excluding diaryl/α,β-unsaturated/α-hetero) is 1. The number of hydrogen-bond donors (Lipinski definition) is 0. The lowest BCUT2D eigenvalue weighted by molar-refractivity contribution is -0.152. The number of carbonyl (C=O) groups is 2. The zero-order valence-corrected chi connectivity index (χ0v) is 15.3. The molecule has 0 heterocycles. The first-order valence-corrected chi connectivity index (χ1v) is 10.6. The summed E-state index contributed by atoms with van der Waals surface area (Å²) in [5.74, 6) is -1.18. The predicted octanol–water partition coefficient (Wildman–Crippen LogP) is 3.59. The highest BCUT2D eigenvalue weighted by molar-refractivity contribution is 8.56. The molecule has 1 saturated carbocycles. The third-order valence-corrected chi connectivity index (χ3v) is 8.18. The molecular formula is C14H25O6PS. The molecule has 0 amide bonds. The number of hydrogen-bond acceptors (Lipinski definition) is 7. The maximum absolute atomic E-state index is 12.8. The van der Waals surface area contributed by atoms with Gasteiger partial charge in [0.1, 0.15) is 0 Å². The summed E-state index contributed by atoms with van der Waals surface area (Å²) in [6.45, 7) is 3.76. The van der Waals surface area contributed by atoms with Crippen molar-refractivity contribution in [3.63, 3.8) is 0 Å². The summed E-state index contributed by atoms with van der Waals surface area (Å²) in [5, 5.41) is 0. The van der Waals surface area contributed by atoms with Crippen molar-refractivity contribution in [1.82, 2.24) is 0 Å². The van der Waals surface area contributed by atoms with Gasteiger partial charge in [-0.15, -0.1) is 0 Å². The van der Waals surface area contributed by atoms with Crippen molar-refractivity contribution < 1.29 is 27.9 Å². The first kappa shape index (κ1) is 19.7. The van der Waals surface area contributed by atoms with Crippen molar-refractivity contribution in [2.45, 2.75) is 51.7 Å². The fourth-order valence-corrected chi connectivity index (χ4v) is 7.42. The summed E-state index contributed by atoms with van der Waals surface area (Å²) >= 11 is 0.716. The van der Waals surface area contributed by atoms with E-state index in [-0.39, 0.29) is 37.9 Å². The van der Waals surface area contributed by atoms with Crippen LogP contribution < -0.4 is 0 Å². The minimum Gasteiger partial charge on any atom is -0.465 e. The van der Waals surface area contributed by atoms with Gasteiger partial charge < -0.3 is 13.8 Å². The average Bonchev–Trinajstić information content (AvgIpc) is 2.44. The number of esters is 1. The second-order valence-corrected chi connectivity index (χ2v) is 9.17. The molecule has 8 heteroatoms. The highest BCUT2D eigenvalue weighted by Gasteiger charge is 2.58. The first-order chi connectivity index (χ1) is 10.4. The molecule has 0 aliphatic heterocycles. The van der Waals surface area contributed by atoms with Crippen LogP contribution in [0.3, 0.4) is 0 Å². The molecule has 0 radical (unpaired) electrons. The molecule has 1 fully saturated rings. The van der Waals surface area contributed by atoms with Crippen LogP contribution >= 0.6 is 18.2 Å². The monoisotopic (exact) mass is 352 g/mol. The molecule has 128 valence electrons. The van der Waals surface area contributed by atoms with E-state index in [0.717, 1.165) is 6.42 Å². The molecular weight excluding hydrogens is 327 g/mol. The number of carbonyl (C=O) groups excluding carboxylic acids is 2. The van der Waals surface area contributed by atoms with Gasteiger partial charge in [-0.25, -0.2) is 4.57 Å². The van der Waals surface area contributed by atoms with E-state index in [0.29, 0.717) is 17.8 Å². The highest BCUT2D eigenvalue weighted by atomic mass is 32.7. The minimum atomic E-state index is -3.61. The topological polar surface area (TPSA) is 78.9 Å². The zero-order valence-electron chi connectivity index (χ0n) is 13.6. The molecule has 0 aromatic heterocycles. The molecule has 1 aliphatic rings. The number of rotatable bonds is 8. The summed E-state index contributed by atoms with van der Waals surface area (Å²) < 4.78 is 27.0. The van der Waals surface area contributed by atoms with Gasteiger partial charge in [0.15, 0.2) is 10.5 Å². The van der Waals surface area contributed by atoms with Gasteiger partial charge in [-0.3, -0.25) is 9.59 Å². The molecule has 6 nitrogen and oxygen atoms in total. The van der Waals surface area contributed by atoms with E-state index in [1.165, 1.54) is 0 Å². The molecule has 0 bridgehead atoms. The zero-order chi connectivity index (χ0) is 16.8. The molecule has 1 aliphatic carbocycles. The van der Waals surface area contributed by atoms with Crippen LogP contribution in [0.4, 0.5) is 0 Å². The highest BCUT2D eigenvalue weighted by Crippen LogP contribution is 2.67. The number of ketones is 1. The molecule has 22 heavy (non-hydrogen) atoms. The average molecular weight is 352 g/mol. The Bertz CT molecular complexity index is 445. The van der Waals surface area contributed by atoms with E-state index in [4.69, 9.17) is 13.8 Å². The Morgan fingerprint density at radius 3 is 2.32 bits per heavy atom. The molecule has 2 unspecified atom stereocenters. The quantitative estimate of drug-likeness (QED) is 0.375. The third kappa shape index (κ3) is 4.13. The Morgan fingerprint density at radius 2 is 1.86 bits per heavy atom. The van der Waals surface area contributed by atoms with E-state index in [1.54, 1.807) is 20.8 Å². The summed E-state index contributed by atoms with van der Waals surface area (Å²) in [6, 6.07) is 0. The van der Waals surface area contributed by atoms with Gasteiger partial charge in [-0.2, -0.15) is 0 Å². The molecule has 2 atom stereocenters. The second kappa shape index (κ2) is 8.48. The lowest BCUT2D eigenvalue weighted by Crippen LogP contribution is -2.52. The van der Waals surface area contributed by atoms with Crippen LogP contribution in [0.25, 0.3) is 0 Å². The van der Waals surface area contributed by atoms with E-state index >= 15 is 0 Å². The van der Waals surface area contributed by atoms with E-state index < -0.39 is 17.5 Å². The molecule has 0 aromatic carbocycles. The van der Waals surface area contributed by atoms with Gasteiger partial charge in [-0.1, -0.05) is 6.92 Å². The van der Waals surface area contributed by atoms with Gasteiger partial charge >= 0.3 is 12.8 Å². The van der Waals surface area contributed by atoms with Crippen LogP contribution in [-0.4, -0.2) is 36.3 Å². The SMILES string of the molecule is CCOC(=O)C1(SP(=O)(OCC)OCC)C(=O)CCCC1C. The van der Waals surface area contributed by atoms with Crippen molar-refractivity contribution in [2.24, 2.45) is 5.92 Å². The van der Waals surface area contributed by atoms with E-state index in [9.17, 15) is 14.2 Å². The summed E-state index contributed by atoms with van der Waals surface area (Å²) in [7, 11) is 0. The van der Waals surface area contributed by atoms with Gasteiger partial charge in [0.2, 0.25) is 0 Å². The van der Waals surface area contributed by atoms with Crippen LogP contribution in [0.2, 0.25) is 0 Å². The first-order valence-electron chi connectivity index (χ1n) is 7.66. The van der Waals surface area contributed by atoms with Gasteiger partial charge in [-0.05, 0) is 50.9 Å². The molecule has 0 N–H and O–H groups in total. The molecule has 0 spiro atoms. The van der Waals surface area contributed by atoms with E-state index in [2.05, 4.69) is 0 Å². The fourth-order valence-electron chi connectivity index (χ4n) is 2.55. The molecule has 0 saturated heterocycles. The number of ether oxygens (including phenoxy) is 1. The third-order valence-electron chi connectivity index (χ3n) is 3.56. The Labute approximate surface area is 135 Å². The van der Waals surface area contributed by atoms with Crippen molar-refractivity contribution in [3.8, 4) is 0 Å². The van der Waals surface area contributed by atoms with Crippen LogP contribution in [0.1, 0.15) is 47.0 Å². The normalized spacial score (nSPS) is 26.0. The van der Waals surface area contributed by atoms with Crippen molar-refractivity contribution >= 4 is 29.9 Å². The lowest BCUT2D eigenvalue weighted by atomic mass is 9.78. The van der Waals surface area contributed by atoms with Crippen molar-refractivity contribution in [3.05, 3.63) is 0 Å². The molecule has 0 aromatic rings. The lowest BCUT2D eigenvalue weighted by Gasteiger charge is -2.39. The minimum absolute atomic E-state index is 0.161. The van der Waals surface area contributed by atoms with Crippen LogP contribution in [0.15, 0.2) is 0 Å². The van der Waals surface area contributed by atoms with Gasteiger partial charge in [0, 0.05) is 6.42 Å². The Morgan fingerprint density at radius 1 is 1.27 bits per heavy atom. The fraction of sp³-hybridized carbons (Fsp3) is 0.857. The summed E-state index contributed by atoms with van der Waals surface area (Å²) in [5.41, 5.74) is 0. The van der Waals surface area contributed by atoms with Crippen LogP contribution in [0, 0.1) is 5.92 Å². The van der Waals surface area contributed by atoms with Gasteiger partial charge in [0.05, 0.1) is 19.8 Å². The van der Waals surface area contributed by atoms with Crippen LogP contribution in [0.5, 0.6) is 0 Å². The Balaban J connectivity index is 3.22. The Hall–Kier alpha value is -0.360. The van der Waals surface area contributed by atoms with Crippen LogP contribution in [-0.2, 0) is 27.9 Å². The maximum atomic E-state index is 12.8. The van der Waals surface area contributed by atoms with Crippen molar-refractivity contribution in [1.29, 1.82) is 0 Å². The summed E-state index contributed by atoms with van der Waals surface area (Å²) in [6.07, 6.45) is 1.68. The standard InChI is InChI=1S/C14H25O6PS/c1-5-18-13(16)14(11(4)9-8-10-12(14)15)22-21(17,19-6-2)20-7-3/h11H,5-10H2,1-4H3. The van der Waals surface area contributed by atoms with Crippen molar-refractivity contribution in [2.75, 3.05) is 19.8 Å². The maximum Gasteiger partial charge on any atom is 0.390 e. The predicted molar refractivity (Wildman–Crippen MR) is 85.8 cm³/mol. The molecule has 1 rings (SSSR count). The summed E-state index contributed by atoms with van der Waals surface area (Å²) in [4.78, 5) is 25.1.